The number of hydrazone groups is 1. The van der Waals surface area contributed by atoms with Gasteiger partial charge in [0.05, 0.1) is 18.2 Å². The molecule has 3 rings (SSSR count). The first-order chi connectivity index (χ1) is 17.2. The Morgan fingerprint density at radius 2 is 1.59 bits per heavy atom. The number of nitrogens with one attached hydrogen (secondary N) is 1. The van der Waals surface area contributed by atoms with E-state index in [-0.39, 0.29) is 23.3 Å². The Labute approximate surface area is 206 Å². The maximum absolute atomic E-state index is 12.7. The van der Waals surface area contributed by atoms with Crippen LogP contribution >= 0.6 is 0 Å². The molecule has 1 amide bonds. The van der Waals surface area contributed by atoms with Crippen molar-refractivity contribution in [2.24, 2.45) is 5.10 Å². The molecule has 1 N–H and O–H groups in total. The van der Waals surface area contributed by atoms with Crippen LogP contribution in [0.5, 0.6) is 11.5 Å². The number of nitrogens with zero attached hydrogens (tertiary/aromatic N) is 1. The quantitative estimate of drug-likeness (QED) is 0.184. The van der Waals surface area contributed by atoms with Crippen LogP contribution in [0.3, 0.4) is 0 Å². The smallest absolute Gasteiger partial charge is 0.406 e. The molecule has 0 atom stereocenters. The zero-order valence-corrected chi connectivity index (χ0v) is 19.2. The molecule has 0 bridgehead atoms. The van der Waals surface area contributed by atoms with Crippen LogP contribution in [0.2, 0.25) is 0 Å². The molecule has 14 heteroatoms. The maximum atomic E-state index is 12.7. The average Bonchev–Trinajstić information content (AvgIpc) is 2.78. The number of benzene rings is 3. The number of carbonyl (C=O) groups excluding carboxylic acids is 1. The number of hydrogen-bond donors (Lipinski definition) is 1. The monoisotopic (exact) mass is 546 g/mol. The lowest BCUT2D eigenvalue weighted by Crippen LogP contribution is -2.20. The van der Waals surface area contributed by atoms with Gasteiger partial charge in [0.1, 0.15) is 10.6 Å². The predicted octanol–water partition coefficient (Wildman–Crippen LogP) is 5.06. The number of alkyl halides is 6. The average molecular weight is 546 g/mol. The Bertz CT molecular complexity index is 1390. The second-order valence-corrected chi connectivity index (χ2v) is 8.81. The molecule has 0 radical (unpaired) electrons. The summed E-state index contributed by atoms with van der Waals surface area (Å²) >= 11 is 0. The van der Waals surface area contributed by atoms with Crippen LogP contribution in [0.1, 0.15) is 16.7 Å². The van der Waals surface area contributed by atoms with Crippen LogP contribution in [0.25, 0.3) is 0 Å². The van der Waals surface area contributed by atoms with Crippen LogP contribution in [-0.4, -0.2) is 26.9 Å². The molecule has 0 aromatic heterocycles. The van der Waals surface area contributed by atoms with E-state index in [0.717, 1.165) is 30.5 Å². The molecule has 0 aliphatic rings. The van der Waals surface area contributed by atoms with Gasteiger partial charge in [0.15, 0.2) is 5.75 Å². The van der Waals surface area contributed by atoms with Crippen molar-refractivity contribution < 1.29 is 48.5 Å². The fourth-order valence-corrected chi connectivity index (χ4v) is 3.85. The molecular formula is C23H16F6N2O5S. The Kier molecular flexibility index (Phi) is 8.11. The summed E-state index contributed by atoms with van der Waals surface area (Å²) in [6, 6.07) is 13.1. The van der Waals surface area contributed by atoms with E-state index in [1.54, 1.807) is 0 Å². The van der Waals surface area contributed by atoms with E-state index in [1.165, 1.54) is 36.4 Å². The minimum atomic E-state index is -4.89. The standard InChI is InChI=1S/C23H16F6N2O5S/c24-22(25,26)17-8-10-19(11-9-17)37(33,34)36-20-7-2-1-5-16(20)14-30-31-21(32)13-15-4-3-6-18(12-15)35-23(27,28)29/h1-12,14H,13H2,(H,31,32). The molecule has 0 saturated heterocycles. The summed E-state index contributed by atoms with van der Waals surface area (Å²) < 4.78 is 109. The van der Waals surface area contributed by atoms with Crippen molar-refractivity contribution >= 4 is 22.2 Å². The highest BCUT2D eigenvalue weighted by atomic mass is 32.2. The van der Waals surface area contributed by atoms with Gasteiger partial charge in [-0.05, 0) is 54.1 Å². The summed E-state index contributed by atoms with van der Waals surface area (Å²) in [4.78, 5) is 11.6. The summed E-state index contributed by atoms with van der Waals surface area (Å²) in [5, 5.41) is 3.69. The molecule has 7 nitrogen and oxygen atoms in total. The third kappa shape index (κ3) is 8.24. The van der Waals surface area contributed by atoms with Gasteiger partial charge in [0.2, 0.25) is 5.91 Å². The van der Waals surface area contributed by atoms with Crippen molar-refractivity contribution in [2.45, 2.75) is 23.9 Å². The van der Waals surface area contributed by atoms with Gasteiger partial charge in [-0.2, -0.15) is 26.7 Å². The number of para-hydroxylation sites is 1. The minimum Gasteiger partial charge on any atom is -0.406 e. The minimum absolute atomic E-state index is 0.0962. The summed E-state index contributed by atoms with van der Waals surface area (Å²) in [5.41, 5.74) is 1.42. The molecule has 0 heterocycles. The van der Waals surface area contributed by atoms with Crippen LogP contribution in [0.4, 0.5) is 26.3 Å². The maximum Gasteiger partial charge on any atom is 0.573 e. The zero-order chi connectivity index (χ0) is 27.3. The number of hydrogen-bond acceptors (Lipinski definition) is 6. The van der Waals surface area contributed by atoms with E-state index in [1.807, 2.05) is 0 Å². The topological polar surface area (TPSA) is 94.1 Å². The molecule has 196 valence electrons. The molecule has 0 spiro atoms. The van der Waals surface area contributed by atoms with E-state index in [0.29, 0.717) is 12.1 Å². The third-order valence-corrected chi connectivity index (χ3v) is 5.73. The van der Waals surface area contributed by atoms with Crippen molar-refractivity contribution in [1.82, 2.24) is 5.43 Å². The molecule has 0 saturated carbocycles. The van der Waals surface area contributed by atoms with Crippen LogP contribution in [0.15, 0.2) is 82.8 Å². The van der Waals surface area contributed by atoms with E-state index < -0.39 is 44.8 Å². The predicted molar refractivity (Wildman–Crippen MR) is 118 cm³/mol. The van der Waals surface area contributed by atoms with Crippen molar-refractivity contribution in [3.05, 3.63) is 89.5 Å². The largest absolute Gasteiger partial charge is 0.573 e. The Morgan fingerprint density at radius 3 is 2.24 bits per heavy atom. The van der Waals surface area contributed by atoms with Gasteiger partial charge >= 0.3 is 22.7 Å². The van der Waals surface area contributed by atoms with Crippen LogP contribution < -0.4 is 14.3 Å². The molecule has 0 unspecified atom stereocenters. The third-order valence-electron chi connectivity index (χ3n) is 4.48. The summed E-state index contributed by atoms with van der Waals surface area (Å²) in [6.45, 7) is 0. The number of amides is 1. The fourth-order valence-electron chi connectivity index (χ4n) is 2.89. The molecule has 3 aromatic carbocycles. The van der Waals surface area contributed by atoms with Gasteiger partial charge in [-0.25, -0.2) is 5.43 Å². The summed E-state index contributed by atoms with van der Waals surface area (Å²) in [6.07, 6.45) is -8.82. The van der Waals surface area contributed by atoms with E-state index in [2.05, 4.69) is 15.3 Å². The van der Waals surface area contributed by atoms with Gasteiger partial charge in [-0.15, -0.1) is 13.2 Å². The zero-order valence-electron chi connectivity index (χ0n) is 18.4. The number of carbonyl (C=O) groups is 1. The van der Waals surface area contributed by atoms with E-state index in [9.17, 15) is 39.6 Å². The van der Waals surface area contributed by atoms with Gasteiger partial charge in [-0.3, -0.25) is 4.79 Å². The van der Waals surface area contributed by atoms with E-state index in [4.69, 9.17) is 4.18 Å². The van der Waals surface area contributed by atoms with Crippen molar-refractivity contribution in [3.63, 3.8) is 0 Å². The van der Waals surface area contributed by atoms with Gasteiger partial charge in [0.25, 0.3) is 0 Å². The molecule has 0 aliphatic carbocycles. The van der Waals surface area contributed by atoms with Gasteiger partial charge in [0, 0.05) is 5.56 Å². The van der Waals surface area contributed by atoms with Crippen molar-refractivity contribution in [3.8, 4) is 11.5 Å². The normalized spacial score (nSPS) is 12.4. The first kappa shape index (κ1) is 27.5. The Hall–Kier alpha value is -4.07. The van der Waals surface area contributed by atoms with Crippen molar-refractivity contribution in [1.29, 1.82) is 0 Å². The molecule has 0 fully saturated rings. The highest BCUT2D eigenvalue weighted by Gasteiger charge is 2.32. The second-order valence-electron chi connectivity index (χ2n) is 7.26. The molecule has 37 heavy (non-hydrogen) atoms. The fraction of sp³-hybridized carbons (Fsp3) is 0.130. The first-order valence-corrected chi connectivity index (χ1v) is 11.5. The number of halogens is 6. The molecular weight excluding hydrogens is 530 g/mol. The Morgan fingerprint density at radius 1 is 0.919 bits per heavy atom. The van der Waals surface area contributed by atoms with Gasteiger partial charge in [-0.1, -0.05) is 24.3 Å². The van der Waals surface area contributed by atoms with Crippen LogP contribution in [-0.2, 0) is 27.5 Å². The van der Waals surface area contributed by atoms with E-state index >= 15 is 0 Å². The molecule has 3 aromatic rings. The van der Waals surface area contributed by atoms with Gasteiger partial charge < -0.3 is 8.92 Å². The lowest BCUT2D eigenvalue weighted by molar-refractivity contribution is -0.274. The Balaban J connectivity index is 1.66. The highest BCUT2D eigenvalue weighted by molar-refractivity contribution is 7.87. The lowest BCUT2D eigenvalue weighted by Gasteiger charge is -2.11. The first-order valence-electron chi connectivity index (χ1n) is 10.1. The molecule has 0 aliphatic heterocycles. The summed E-state index contributed by atoms with van der Waals surface area (Å²) in [5.74, 6) is -1.42. The summed E-state index contributed by atoms with van der Waals surface area (Å²) in [7, 11) is -4.51. The van der Waals surface area contributed by atoms with Crippen molar-refractivity contribution in [2.75, 3.05) is 0 Å². The highest BCUT2D eigenvalue weighted by Crippen LogP contribution is 2.30. The van der Waals surface area contributed by atoms with Crippen LogP contribution in [0, 0.1) is 0 Å². The number of ether oxygens (including phenoxy) is 1. The number of rotatable bonds is 8. The SMILES string of the molecule is O=C(Cc1cccc(OC(F)(F)F)c1)NN=Cc1ccccc1OS(=O)(=O)c1ccc(C(F)(F)F)cc1. The second kappa shape index (κ2) is 10.9. The lowest BCUT2D eigenvalue weighted by atomic mass is 10.1.